The molecule has 0 bridgehead atoms. The second-order valence-electron chi connectivity index (χ2n) is 3.64. The van der Waals surface area contributed by atoms with E-state index in [1.165, 1.54) is 25.9 Å². The van der Waals surface area contributed by atoms with Crippen LogP contribution in [0.25, 0.3) is 0 Å². The Bertz CT molecular complexity index is 353. The van der Waals surface area contributed by atoms with Crippen molar-refractivity contribution in [2.75, 3.05) is 18.8 Å². The lowest BCUT2D eigenvalue weighted by Crippen LogP contribution is -2.13. The summed E-state index contributed by atoms with van der Waals surface area (Å²) < 4.78 is 0. The minimum Gasteiger partial charge on any atom is -0.398 e. The molecule has 4 nitrogen and oxygen atoms in total. The number of hydrogen-bond donors (Lipinski definition) is 5. The van der Waals surface area contributed by atoms with Crippen molar-refractivity contribution in [1.29, 1.82) is 5.41 Å². The Hall–Kier alpha value is -1.20. The quantitative estimate of drug-likeness (QED) is 0.220. The molecule has 1 aromatic rings. The SMILES string of the molecule is C1CCNC1.N=C(N)c1cc(S)ccc1N. The number of nitrogen functional groups attached to an aromatic ring is 2. The third-order valence-electron chi connectivity index (χ3n) is 2.28. The summed E-state index contributed by atoms with van der Waals surface area (Å²) >= 11 is 4.09. The second kappa shape index (κ2) is 6.40. The van der Waals surface area contributed by atoms with Gasteiger partial charge in [0.15, 0.2) is 0 Å². The molecule has 88 valence electrons. The van der Waals surface area contributed by atoms with Crippen molar-refractivity contribution >= 4 is 24.2 Å². The summed E-state index contributed by atoms with van der Waals surface area (Å²) in [5, 5.41) is 10.4. The number of hydrogen-bond acceptors (Lipinski definition) is 4. The van der Waals surface area contributed by atoms with Crippen LogP contribution in [0, 0.1) is 5.41 Å². The first-order valence-corrected chi connectivity index (χ1v) is 5.69. The van der Waals surface area contributed by atoms with E-state index in [0.717, 1.165) is 4.90 Å². The van der Waals surface area contributed by atoms with Crippen LogP contribution in [0.2, 0.25) is 0 Å². The van der Waals surface area contributed by atoms with Crippen molar-refractivity contribution in [3.63, 3.8) is 0 Å². The Morgan fingerprint density at radius 2 is 1.94 bits per heavy atom. The van der Waals surface area contributed by atoms with E-state index >= 15 is 0 Å². The standard InChI is InChI=1S/C7H9N3S.C4H9N/c8-6-2-1-4(11)3-5(6)7(9)10;1-2-4-5-3-1/h1-3,11H,8H2,(H3,9,10);5H,1-4H2. The van der Waals surface area contributed by atoms with Gasteiger partial charge in [-0.15, -0.1) is 12.6 Å². The maximum absolute atomic E-state index is 7.14. The molecule has 1 fully saturated rings. The fourth-order valence-electron chi connectivity index (χ4n) is 1.40. The van der Waals surface area contributed by atoms with Gasteiger partial charge in [-0.1, -0.05) is 0 Å². The summed E-state index contributed by atoms with van der Waals surface area (Å²) in [6.07, 6.45) is 2.78. The third-order valence-corrected chi connectivity index (χ3v) is 2.56. The van der Waals surface area contributed by atoms with Gasteiger partial charge in [-0.2, -0.15) is 0 Å². The first kappa shape index (κ1) is 12.9. The molecule has 2 rings (SSSR count). The topological polar surface area (TPSA) is 87.9 Å². The highest BCUT2D eigenvalue weighted by Gasteiger charge is 2.01. The first-order chi connectivity index (χ1) is 7.61. The minimum absolute atomic E-state index is 0.0293. The van der Waals surface area contributed by atoms with E-state index in [-0.39, 0.29) is 5.84 Å². The molecule has 0 radical (unpaired) electrons. The average molecular weight is 238 g/mol. The molecule has 1 saturated heterocycles. The Balaban J connectivity index is 0.000000212. The largest absolute Gasteiger partial charge is 0.398 e. The average Bonchev–Trinajstić information content (AvgIpc) is 2.79. The van der Waals surface area contributed by atoms with Gasteiger partial charge in [-0.25, -0.2) is 0 Å². The van der Waals surface area contributed by atoms with Gasteiger partial charge in [0.1, 0.15) is 5.84 Å². The third kappa shape index (κ3) is 4.12. The van der Waals surface area contributed by atoms with Crippen molar-refractivity contribution in [1.82, 2.24) is 5.32 Å². The molecule has 0 atom stereocenters. The zero-order chi connectivity index (χ0) is 12.0. The highest BCUT2D eigenvalue weighted by Crippen LogP contribution is 2.15. The maximum atomic E-state index is 7.14. The molecule has 0 spiro atoms. The lowest BCUT2D eigenvalue weighted by molar-refractivity contribution is 0.857. The van der Waals surface area contributed by atoms with Gasteiger partial charge < -0.3 is 16.8 Å². The lowest BCUT2D eigenvalue weighted by atomic mass is 10.2. The van der Waals surface area contributed by atoms with Gasteiger partial charge in [0.25, 0.3) is 0 Å². The molecule has 1 aromatic carbocycles. The van der Waals surface area contributed by atoms with E-state index in [9.17, 15) is 0 Å². The highest BCUT2D eigenvalue weighted by atomic mass is 32.1. The van der Waals surface area contributed by atoms with Crippen LogP contribution in [0.1, 0.15) is 18.4 Å². The zero-order valence-corrected chi connectivity index (χ0v) is 10.1. The Kier molecular flexibility index (Phi) is 5.14. The Morgan fingerprint density at radius 3 is 2.31 bits per heavy atom. The summed E-state index contributed by atoms with van der Waals surface area (Å²) in [4.78, 5) is 0.754. The van der Waals surface area contributed by atoms with E-state index in [1.807, 2.05) is 0 Å². The summed E-state index contributed by atoms with van der Waals surface area (Å²) in [5.41, 5.74) is 11.8. The Morgan fingerprint density at radius 1 is 1.31 bits per heavy atom. The van der Waals surface area contributed by atoms with Crippen LogP contribution in [0.4, 0.5) is 5.69 Å². The molecule has 16 heavy (non-hydrogen) atoms. The normalized spacial score (nSPS) is 14.1. The van der Waals surface area contributed by atoms with Crippen LogP contribution in [-0.4, -0.2) is 18.9 Å². The lowest BCUT2D eigenvalue weighted by Gasteiger charge is -2.02. The van der Waals surface area contributed by atoms with E-state index in [1.54, 1.807) is 18.2 Å². The van der Waals surface area contributed by atoms with Gasteiger partial charge in [0.05, 0.1) is 0 Å². The smallest absolute Gasteiger partial charge is 0.124 e. The van der Waals surface area contributed by atoms with Gasteiger partial charge in [-0.3, -0.25) is 5.41 Å². The van der Waals surface area contributed by atoms with Crippen molar-refractivity contribution in [3.05, 3.63) is 23.8 Å². The monoisotopic (exact) mass is 238 g/mol. The molecule has 1 heterocycles. The van der Waals surface area contributed by atoms with Gasteiger partial charge in [0.2, 0.25) is 0 Å². The molecule has 6 N–H and O–H groups in total. The molecular weight excluding hydrogens is 220 g/mol. The predicted molar refractivity (Wildman–Crippen MR) is 71.2 cm³/mol. The number of anilines is 1. The van der Waals surface area contributed by atoms with Gasteiger partial charge in [0, 0.05) is 16.1 Å². The van der Waals surface area contributed by atoms with Crippen LogP contribution >= 0.6 is 12.6 Å². The van der Waals surface area contributed by atoms with E-state index < -0.39 is 0 Å². The maximum Gasteiger partial charge on any atom is 0.124 e. The number of nitrogens with one attached hydrogen (secondary N) is 2. The fraction of sp³-hybridized carbons (Fsp3) is 0.364. The summed E-state index contributed by atoms with van der Waals surface area (Å²) in [7, 11) is 0. The number of benzene rings is 1. The van der Waals surface area contributed by atoms with Crippen molar-refractivity contribution < 1.29 is 0 Å². The van der Waals surface area contributed by atoms with E-state index in [4.69, 9.17) is 16.9 Å². The zero-order valence-electron chi connectivity index (χ0n) is 9.16. The minimum atomic E-state index is -0.0293. The second-order valence-corrected chi connectivity index (χ2v) is 4.16. The van der Waals surface area contributed by atoms with E-state index in [2.05, 4.69) is 17.9 Å². The molecule has 0 unspecified atom stereocenters. The van der Waals surface area contributed by atoms with Crippen LogP contribution in [0.3, 0.4) is 0 Å². The molecule has 1 aliphatic heterocycles. The van der Waals surface area contributed by atoms with Crippen LogP contribution in [0.15, 0.2) is 23.1 Å². The highest BCUT2D eigenvalue weighted by molar-refractivity contribution is 7.80. The number of amidine groups is 1. The molecule has 0 saturated carbocycles. The summed E-state index contributed by atoms with van der Waals surface area (Å²) in [6, 6.07) is 5.10. The summed E-state index contributed by atoms with van der Waals surface area (Å²) in [6.45, 7) is 2.50. The molecule has 0 amide bonds. The number of thiol groups is 1. The number of nitrogens with two attached hydrogens (primary N) is 2. The number of rotatable bonds is 1. The van der Waals surface area contributed by atoms with Crippen molar-refractivity contribution in [2.24, 2.45) is 5.73 Å². The Labute approximate surface area is 101 Å². The van der Waals surface area contributed by atoms with Gasteiger partial charge >= 0.3 is 0 Å². The fourth-order valence-corrected chi connectivity index (χ4v) is 1.61. The molecule has 1 aliphatic rings. The van der Waals surface area contributed by atoms with Crippen LogP contribution in [0.5, 0.6) is 0 Å². The van der Waals surface area contributed by atoms with Crippen LogP contribution < -0.4 is 16.8 Å². The van der Waals surface area contributed by atoms with Crippen molar-refractivity contribution in [3.8, 4) is 0 Å². The molecule has 0 aromatic heterocycles. The predicted octanol–water partition coefficient (Wildman–Crippen LogP) is 1.21. The van der Waals surface area contributed by atoms with Crippen LogP contribution in [-0.2, 0) is 0 Å². The van der Waals surface area contributed by atoms with Gasteiger partial charge in [-0.05, 0) is 44.1 Å². The van der Waals surface area contributed by atoms with E-state index in [0.29, 0.717) is 11.3 Å². The molecule has 0 aliphatic carbocycles. The molecular formula is C11H18N4S. The van der Waals surface area contributed by atoms with Crippen molar-refractivity contribution in [2.45, 2.75) is 17.7 Å². The molecule has 5 heteroatoms. The first-order valence-electron chi connectivity index (χ1n) is 5.25. The summed E-state index contributed by atoms with van der Waals surface area (Å²) in [5.74, 6) is -0.0293.